The molecule has 3 fully saturated rings. The van der Waals surface area contributed by atoms with Crippen LogP contribution in [0.2, 0.25) is 0 Å². The number of likely N-dealkylation sites (tertiary alicyclic amines) is 1. The standard InChI is InChI=1S/C17H27N5O2/c1-2-24-15-10-14(17(15)6-3-7-17)20-16(23)21-8-4-13(5-9-21)22-12-18-11-19-22/h11-15H,2-10H2,1H3,(H,20,23)/t14-,15+/m1/s1. The van der Waals surface area contributed by atoms with E-state index in [0.717, 1.165) is 39.0 Å². The third kappa shape index (κ3) is 2.59. The molecule has 2 heterocycles. The van der Waals surface area contributed by atoms with Crippen LogP contribution in [0.3, 0.4) is 0 Å². The summed E-state index contributed by atoms with van der Waals surface area (Å²) in [6.45, 7) is 4.39. The molecular formula is C17H27N5O2. The second-order valence-corrected chi connectivity index (χ2v) is 7.36. The molecule has 0 radical (unpaired) electrons. The molecule has 7 heteroatoms. The van der Waals surface area contributed by atoms with Gasteiger partial charge >= 0.3 is 6.03 Å². The van der Waals surface area contributed by atoms with Crippen molar-refractivity contribution in [3.05, 3.63) is 12.7 Å². The number of aromatic nitrogens is 3. The van der Waals surface area contributed by atoms with Crippen molar-refractivity contribution in [2.45, 2.75) is 63.6 Å². The molecule has 2 amide bonds. The van der Waals surface area contributed by atoms with E-state index in [0.29, 0.717) is 18.2 Å². The molecule has 0 bridgehead atoms. The van der Waals surface area contributed by atoms with Crippen LogP contribution >= 0.6 is 0 Å². The second kappa shape index (κ2) is 6.35. The number of nitrogens with zero attached hydrogens (tertiary/aromatic N) is 4. The normalized spacial score (nSPS) is 29.1. The van der Waals surface area contributed by atoms with Gasteiger partial charge in [0.05, 0.1) is 12.1 Å². The van der Waals surface area contributed by atoms with Gasteiger partial charge in [-0.15, -0.1) is 0 Å². The molecule has 1 aromatic heterocycles. The van der Waals surface area contributed by atoms with Crippen LogP contribution in [0.5, 0.6) is 0 Å². The molecule has 1 aliphatic heterocycles. The minimum atomic E-state index is 0.0956. The van der Waals surface area contributed by atoms with E-state index < -0.39 is 0 Å². The number of hydrogen-bond acceptors (Lipinski definition) is 4. The number of carbonyl (C=O) groups is 1. The maximum atomic E-state index is 12.6. The number of carbonyl (C=O) groups excluding carboxylic acids is 1. The maximum absolute atomic E-state index is 12.6. The highest BCUT2D eigenvalue weighted by Crippen LogP contribution is 2.57. The summed E-state index contributed by atoms with van der Waals surface area (Å²) in [6, 6.07) is 0.752. The van der Waals surface area contributed by atoms with Crippen LogP contribution in [0.25, 0.3) is 0 Å². The molecule has 132 valence electrons. The predicted molar refractivity (Wildman–Crippen MR) is 88.5 cm³/mol. The highest BCUT2D eigenvalue weighted by atomic mass is 16.5. The molecule has 7 nitrogen and oxygen atoms in total. The van der Waals surface area contributed by atoms with Crippen molar-refractivity contribution in [3.8, 4) is 0 Å². The fourth-order valence-corrected chi connectivity index (χ4v) is 4.62. The summed E-state index contributed by atoms with van der Waals surface area (Å²) in [5.41, 5.74) is 0.227. The van der Waals surface area contributed by atoms with E-state index in [-0.39, 0.29) is 11.4 Å². The minimum Gasteiger partial charge on any atom is -0.378 e. The zero-order valence-electron chi connectivity index (χ0n) is 14.4. The lowest BCUT2D eigenvalue weighted by Crippen LogP contribution is -2.68. The van der Waals surface area contributed by atoms with E-state index >= 15 is 0 Å². The molecule has 0 unspecified atom stereocenters. The van der Waals surface area contributed by atoms with Crippen molar-refractivity contribution < 1.29 is 9.53 Å². The van der Waals surface area contributed by atoms with Gasteiger partial charge in [0.15, 0.2) is 0 Å². The monoisotopic (exact) mass is 333 g/mol. The van der Waals surface area contributed by atoms with E-state index in [2.05, 4.69) is 22.3 Å². The molecule has 3 aliphatic rings. The van der Waals surface area contributed by atoms with Crippen LogP contribution < -0.4 is 5.32 Å². The third-order valence-electron chi connectivity index (χ3n) is 6.30. The van der Waals surface area contributed by atoms with Crippen molar-refractivity contribution in [1.29, 1.82) is 0 Å². The minimum absolute atomic E-state index is 0.0956. The Bertz CT molecular complexity index is 564. The topological polar surface area (TPSA) is 72.3 Å². The van der Waals surface area contributed by atoms with E-state index in [1.807, 2.05) is 9.58 Å². The van der Waals surface area contributed by atoms with Crippen molar-refractivity contribution in [1.82, 2.24) is 25.0 Å². The Balaban J connectivity index is 1.28. The summed E-state index contributed by atoms with van der Waals surface area (Å²) < 4.78 is 7.78. The molecule has 1 aromatic rings. The summed E-state index contributed by atoms with van der Waals surface area (Å²) >= 11 is 0. The predicted octanol–water partition coefficient (Wildman–Crippen LogP) is 1.97. The Labute approximate surface area is 142 Å². The molecule has 2 atom stereocenters. The van der Waals surface area contributed by atoms with Crippen molar-refractivity contribution in [2.24, 2.45) is 5.41 Å². The molecule has 2 aliphatic carbocycles. The fraction of sp³-hybridized carbons (Fsp3) is 0.824. The third-order valence-corrected chi connectivity index (χ3v) is 6.30. The number of amides is 2. The highest BCUT2D eigenvalue weighted by Gasteiger charge is 2.59. The zero-order valence-corrected chi connectivity index (χ0v) is 14.4. The largest absolute Gasteiger partial charge is 0.378 e. The quantitative estimate of drug-likeness (QED) is 0.914. The fourth-order valence-electron chi connectivity index (χ4n) is 4.62. The van der Waals surface area contributed by atoms with Crippen LogP contribution in [-0.2, 0) is 4.74 Å². The van der Waals surface area contributed by atoms with E-state index in [1.54, 1.807) is 12.7 Å². The summed E-state index contributed by atoms with van der Waals surface area (Å²) in [5, 5.41) is 7.51. The first-order chi connectivity index (χ1) is 11.7. The van der Waals surface area contributed by atoms with Gasteiger partial charge in [-0.25, -0.2) is 14.5 Å². The van der Waals surface area contributed by atoms with Crippen molar-refractivity contribution in [3.63, 3.8) is 0 Å². The van der Waals surface area contributed by atoms with Gasteiger partial charge in [0.2, 0.25) is 0 Å². The smallest absolute Gasteiger partial charge is 0.317 e. The van der Waals surface area contributed by atoms with Gasteiger partial charge in [-0.05, 0) is 39.0 Å². The van der Waals surface area contributed by atoms with E-state index in [9.17, 15) is 4.79 Å². The Hall–Kier alpha value is -1.63. The van der Waals surface area contributed by atoms with Crippen LogP contribution in [0, 0.1) is 5.41 Å². The molecule has 2 saturated carbocycles. The molecule has 1 saturated heterocycles. The van der Waals surface area contributed by atoms with Crippen LogP contribution in [-0.4, -0.2) is 57.5 Å². The van der Waals surface area contributed by atoms with Crippen molar-refractivity contribution >= 4 is 6.03 Å². The molecule has 0 aromatic carbocycles. The molecule has 1 N–H and O–H groups in total. The SMILES string of the molecule is CCO[C@H]1C[C@@H](NC(=O)N2CCC(n3cncn3)CC2)C12CCC2. The average Bonchev–Trinajstić information content (AvgIpc) is 3.06. The van der Waals surface area contributed by atoms with Gasteiger partial charge in [0.1, 0.15) is 12.7 Å². The maximum Gasteiger partial charge on any atom is 0.317 e. The van der Waals surface area contributed by atoms with E-state index in [4.69, 9.17) is 4.74 Å². The van der Waals surface area contributed by atoms with Gasteiger partial charge < -0.3 is 15.0 Å². The molecule has 24 heavy (non-hydrogen) atoms. The molecule has 1 spiro atoms. The van der Waals surface area contributed by atoms with Crippen LogP contribution in [0.15, 0.2) is 12.7 Å². The van der Waals surface area contributed by atoms with E-state index in [1.165, 1.54) is 19.3 Å². The summed E-state index contributed by atoms with van der Waals surface area (Å²) in [7, 11) is 0. The van der Waals surface area contributed by atoms with Gasteiger partial charge in [-0.2, -0.15) is 5.10 Å². The average molecular weight is 333 g/mol. The van der Waals surface area contributed by atoms with Gasteiger partial charge in [-0.3, -0.25) is 0 Å². The number of hydrogen-bond donors (Lipinski definition) is 1. The number of nitrogens with one attached hydrogen (secondary N) is 1. The Morgan fingerprint density at radius 2 is 2.17 bits per heavy atom. The number of piperidine rings is 1. The lowest BCUT2D eigenvalue weighted by Gasteiger charge is -2.61. The van der Waals surface area contributed by atoms with Gasteiger partial charge in [0, 0.05) is 31.2 Å². The van der Waals surface area contributed by atoms with Crippen LogP contribution in [0.4, 0.5) is 4.79 Å². The first-order valence-corrected chi connectivity index (χ1v) is 9.24. The number of urea groups is 1. The Morgan fingerprint density at radius 3 is 2.75 bits per heavy atom. The van der Waals surface area contributed by atoms with Gasteiger partial charge in [-0.1, -0.05) is 6.42 Å². The second-order valence-electron chi connectivity index (χ2n) is 7.36. The van der Waals surface area contributed by atoms with Crippen LogP contribution in [0.1, 0.15) is 51.5 Å². The first kappa shape index (κ1) is 15.9. The lowest BCUT2D eigenvalue weighted by molar-refractivity contribution is -0.170. The lowest BCUT2D eigenvalue weighted by atomic mass is 9.51. The summed E-state index contributed by atoms with van der Waals surface area (Å²) in [4.78, 5) is 18.6. The first-order valence-electron chi connectivity index (χ1n) is 9.24. The Morgan fingerprint density at radius 1 is 1.38 bits per heavy atom. The molecule has 4 rings (SSSR count). The summed E-state index contributed by atoms with van der Waals surface area (Å²) in [5.74, 6) is 0. The number of rotatable bonds is 4. The zero-order chi connectivity index (χ0) is 16.6. The molecular weight excluding hydrogens is 306 g/mol. The summed E-state index contributed by atoms with van der Waals surface area (Å²) in [6.07, 6.45) is 10.2. The number of ether oxygens (including phenoxy) is 1. The Kier molecular flexibility index (Phi) is 4.20. The van der Waals surface area contributed by atoms with Gasteiger partial charge in [0.25, 0.3) is 0 Å². The highest BCUT2D eigenvalue weighted by molar-refractivity contribution is 5.75. The van der Waals surface area contributed by atoms with Crippen molar-refractivity contribution in [2.75, 3.05) is 19.7 Å².